The number of benzene rings is 1. The van der Waals surface area contributed by atoms with Gasteiger partial charge in [0.15, 0.2) is 0 Å². The Morgan fingerprint density at radius 1 is 1.35 bits per heavy atom. The summed E-state index contributed by atoms with van der Waals surface area (Å²) >= 11 is 0. The van der Waals surface area contributed by atoms with Crippen molar-refractivity contribution in [2.45, 2.75) is 24.6 Å². The van der Waals surface area contributed by atoms with Gasteiger partial charge in [-0.1, -0.05) is 6.07 Å². The number of amides is 1. The van der Waals surface area contributed by atoms with Gasteiger partial charge in [-0.2, -0.15) is 13.2 Å². The highest BCUT2D eigenvalue weighted by molar-refractivity contribution is 5.89. The average Bonchev–Trinajstić information content (AvgIpc) is 2.70. The number of carboxylic acids is 1. The normalized spacial score (nSPS) is 22.7. The SMILES string of the molecule is O=C1CC(c2ccc(F)c(C(F)(F)F)c2)C(C(=O)O)N1. The molecule has 1 amide bonds. The van der Waals surface area contributed by atoms with Crippen LogP contribution >= 0.6 is 0 Å². The van der Waals surface area contributed by atoms with Crippen molar-refractivity contribution in [3.8, 4) is 0 Å². The van der Waals surface area contributed by atoms with E-state index in [2.05, 4.69) is 5.32 Å². The van der Waals surface area contributed by atoms with E-state index in [1.165, 1.54) is 0 Å². The molecule has 108 valence electrons. The van der Waals surface area contributed by atoms with Gasteiger partial charge in [0.05, 0.1) is 5.56 Å². The van der Waals surface area contributed by atoms with Crippen molar-refractivity contribution >= 4 is 11.9 Å². The van der Waals surface area contributed by atoms with Crippen molar-refractivity contribution in [1.82, 2.24) is 5.32 Å². The Labute approximate surface area is 110 Å². The van der Waals surface area contributed by atoms with Gasteiger partial charge < -0.3 is 10.4 Å². The molecule has 0 bridgehead atoms. The summed E-state index contributed by atoms with van der Waals surface area (Å²) in [5.41, 5.74) is -1.51. The van der Waals surface area contributed by atoms with Crippen LogP contribution in [0.5, 0.6) is 0 Å². The maximum atomic E-state index is 13.2. The minimum absolute atomic E-state index is 0.0375. The van der Waals surface area contributed by atoms with Gasteiger partial charge in [-0.25, -0.2) is 9.18 Å². The first-order valence-corrected chi connectivity index (χ1v) is 5.59. The van der Waals surface area contributed by atoms with Crippen LogP contribution in [-0.2, 0) is 15.8 Å². The average molecular weight is 291 g/mol. The second-order valence-corrected chi connectivity index (χ2v) is 4.43. The highest BCUT2D eigenvalue weighted by Crippen LogP contribution is 2.36. The second-order valence-electron chi connectivity index (χ2n) is 4.43. The summed E-state index contributed by atoms with van der Waals surface area (Å²) in [7, 11) is 0. The van der Waals surface area contributed by atoms with Crippen LogP contribution in [0, 0.1) is 5.82 Å². The number of alkyl halides is 3. The van der Waals surface area contributed by atoms with Gasteiger partial charge in [-0.3, -0.25) is 4.79 Å². The molecular formula is C12H9F4NO3. The molecule has 1 aromatic carbocycles. The van der Waals surface area contributed by atoms with Gasteiger partial charge in [-0.05, 0) is 17.7 Å². The lowest BCUT2D eigenvalue weighted by Gasteiger charge is -2.17. The number of nitrogens with one attached hydrogen (secondary N) is 1. The Balaban J connectivity index is 2.43. The number of hydrogen-bond donors (Lipinski definition) is 2. The van der Waals surface area contributed by atoms with E-state index in [-0.39, 0.29) is 12.0 Å². The van der Waals surface area contributed by atoms with Crippen molar-refractivity contribution in [3.63, 3.8) is 0 Å². The van der Waals surface area contributed by atoms with E-state index in [9.17, 15) is 27.2 Å². The number of carboxylic acid groups (broad SMARTS) is 1. The molecule has 0 radical (unpaired) electrons. The van der Waals surface area contributed by atoms with Gasteiger partial charge in [0.1, 0.15) is 11.9 Å². The van der Waals surface area contributed by atoms with Gasteiger partial charge in [-0.15, -0.1) is 0 Å². The minimum atomic E-state index is -4.88. The van der Waals surface area contributed by atoms with E-state index >= 15 is 0 Å². The summed E-state index contributed by atoms with van der Waals surface area (Å²) in [6, 6.07) is 0.927. The quantitative estimate of drug-likeness (QED) is 0.818. The zero-order valence-electron chi connectivity index (χ0n) is 9.87. The molecule has 2 unspecified atom stereocenters. The summed E-state index contributed by atoms with van der Waals surface area (Å²) in [4.78, 5) is 22.2. The fourth-order valence-corrected chi connectivity index (χ4v) is 2.19. The molecule has 0 saturated carbocycles. The molecule has 1 aliphatic heterocycles. The largest absolute Gasteiger partial charge is 0.480 e. The van der Waals surface area contributed by atoms with Crippen LogP contribution in [0.1, 0.15) is 23.5 Å². The molecule has 0 aliphatic carbocycles. The van der Waals surface area contributed by atoms with Crippen LogP contribution in [0.3, 0.4) is 0 Å². The molecule has 1 fully saturated rings. The number of halogens is 4. The fourth-order valence-electron chi connectivity index (χ4n) is 2.19. The van der Waals surface area contributed by atoms with Crippen LogP contribution in [-0.4, -0.2) is 23.0 Å². The lowest BCUT2D eigenvalue weighted by Crippen LogP contribution is -2.36. The van der Waals surface area contributed by atoms with E-state index in [1.807, 2.05) is 0 Å². The zero-order chi connectivity index (χ0) is 15.1. The third kappa shape index (κ3) is 2.59. The minimum Gasteiger partial charge on any atom is -0.480 e. The molecule has 2 rings (SSSR count). The maximum absolute atomic E-state index is 13.2. The van der Waals surface area contributed by atoms with Crippen LogP contribution in [0.25, 0.3) is 0 Å². The summed E-state index contributed by atoms with van der Waals surface area (Å²) in [5, 5.41) is 11.1. The number of carbonyl (C=O) groups excluding carboxylic acids is 1. The predicted octanol–water partition coefficient (Wildman–Crippen LogP) is 1.90. The van der Waals surface area contributed by atoms with Crippen molar-refractivity contribution in [2.75, 3.05) is 0 Å². The van der Waals surface area contributed by atoms with Gasteiger partial charge in [0.2, 0.25) is 5.91 Å². The van der Waals surface area contributed by atoms with Gasteiger partial charge >= 0.3 is 12.1 Å². The molecule has 2 atom stereocenters. The van der Waals surface area contributed by atoms with Gasteiger partial charge in [0, 0.05) is 12.3 Å². The number of aliphatic carboxylic acids is 1. The molecule has 0 spiro atoms. The highest BCUT2D eigenvalue weighted by atomic mass is 19.4. The lowest BCUT2D eigenvalue weighted by molar-refractivity contribution is -0.140. The molecule has 20 heavy (non-hydrogen) atoms. The van der Waals surface area contributed by atoms with Crippen LogP contribution in [0.2, 0.25) is 0 Å². The smallest absolute Gasteiger partial charge is 0.419 e. The molecule has 8 heteroatoms. The predicted molar refractivity (Wildman–Crippen MR) is 58.3 cm³/mol. The van der Waals surface area contributed by atoms with E-state index in [0.29, 0.717) is 12.1 Å². The Morgan fingerprint density at radius 3 is 2.55 bits per heavy atom. The molecule has 1 saturated heterocycles. The standard InChI is InChI=1S/C12H9F4NO3/c13-8-2-1-5(3-7(8)12(14,15)16)6-4-9(18)17-10(6)11(19)20/h1-3,6,10H,4H2,(H,17,18)(H,19,20). The summed E-state index contributed by atoms with van der Waals surface area (Å²) in [6.45, 7) is 0. The van der Waals surface area contributed by atoms with Crippen molar-refractivity contribution in [1.29, 1.82) is 0 Å². The van der Waals surface area contributed by atoms with Crippen LogP contribution in [0.4, 0.5) is 17.6 Å². The number of hydrogen-bond acceptors (Lipinski definition) is 2. The molecular weight excluding hydrogens is 282 g/mol. The van der Waals surface area contributed by atoms with E-state index in [4.69, 9.17) is 5.11 Å². The molecule has 2 N–H and O–H groups in total. The fraction of sp³-hybridized carbons (Fsp3) is 0.333. The van der Waals surface area contributed by atoms with E-state index < -0.39 is 41.4 Å². The van der Waals surface area contributed by atoms with E-state index in [0.717, 1.165) is 6.07 Å². The Bertz CT molecular complexity index is 570. The zero-order valence-corrected chi connectivity index (χ0v) is 9.87. The molecule has 1 aromatic rings. The molecule has 1 heterocycles. The Morgan fingerprint density at radius 2 is 2.00 bits per heavy atom. The lowest BCUT2D eigenvalue weighted by atomic mass is 9.90. The Kier molecular flexibility index (Phi) is 3.41. The maximum Gasteiger partial charge on any atom is 0.419 e. The third-order valence-electron chi connectivity index (χ3n) is 3.11. The topological polar surface area (TPSA) is 66.4 Å². The molecule has 1 aliphatic rings. The van der Waals surface area contributed by atoms with Crippen molar-refractivity contribution in [3.05, 3.63) is 35.1 Å². The monoisotopic (exact) mass is 291 g/mol. The number of rotatable bonds is 2. The summed E-state index contributed by atoms with van der Waals surface area (Å²) in [6.07, 6.45) is -5.13. The first-order chi connectivity index (χ1) is 9.20. The molecule has 0 aromatic heterocycles. The second kappa shape index (κ2) is 4.77. The van der Waals surface area contributed by atoms with Crippen LogP contribution in [0.15, 0.2) is 18.2 Å². The van der Waals surface area contributed by atoms with Crippen molar-refractivity contribution < 1.29 is 32.3 Å². The summed E-state index contributed by atoms with van der Waals surface area (Å²) < 4.78 is 51.0. The number of carbonyl (C=O) groups is 2. The van der Waals surface area contributed by atoms with E-state index in [1.54, 1.807) is 0 Å². The summed E-state index contributed by atoms with van der Waals surface area (Å²) in [5.74, 6) is -4.31. The van der Waals surface area contributed by atoms with Crippen LogP contribution < -0.4 is 5.32 Å². The Hall–Kier alpha value is -2.12. The van der Waals surface area contributed by atoms with Gasteiger partial charge in [0.25, 0.3) is 0 Å². The third-order valence-corrected chi connectivity index (χ3v) is 3.11. The molecule has 4 nitrogen and oxygen atoms in total. The first-order valence-electron chi connectivity index (χ1n) is 5.59. The highest BCUT2D eigenvalue weighted by Gasteiger charge is 2.40. The van der Waals surface area contributed by atoms with Crippen molar-refractivity contribution in [2.24, 2.45) is 0 Å². The first kappa shape index (κ1) is 14.3.